The maximum absolute atomic E-state index is 14.1. The lowest BCUT2D eigenvalue weighted by atomic mass is 9.81. The lowest BCUT2D eigenvalue weighted by Crippen LogP contribution is -2.43. The number of carboxylic acids is 1. The highest BCUT2D eigenvalue weighted by molar-refractivity contribution is 6.30. The van der Waals surface area contributed by atoms with Crippen LogP contribution in [-0.4, -0.2) is 59.5 Å². The van der Waals surface area contributed by atoms with Gasteiger partial charge in [-0.3, -0.25) is 9.59 Å². The van der Waals surface area contributed by atoms with E-state index < -0.39 is 23.1 Å². The van der Waals surface area contributed by atoms with E-state index in [1.54, 1.807) is 0 Å². The van der Waals surface area contributed by atoms with Crippen molar-refractivity contribution in [2.75, 3.05) is 32.7 Å². The molecule has 1 aromatic carbocycles. The molecule has 4 rings (SSSR count). The minimum absolute atomic E-state index is 0.0544. The van der Waals surface area contributed by atoms with Crippen LogP contribution in [0.25, 0.3) is 0 Å². The molecule has 5 nitrogen and oxygen atoms in total. The number of benzene rings is 1. The Balaban J connectivity index is 1.50. The number of carbonyl (C=O) groups is 2. The molecule has 2 aliphatic heterocycles. The van der Waals surface area contributed by atoms with Crippen molar-refractivity contribution < 1.29 is 19.1 Å². The first-order chi connectivity index (χ1) is 12.4. The van der Waals surface area contributed by atoms with Gasteiger partial charge in [0, 0.05) is 43.7 Å². The zero-order valence-corrected chi connectivity index (χ0v) is 15.2. The molecule has 3 fully saturated rings. The first-order valence-corrected chi connectivity index (χ1v) is 9.47. The van der Waals surface area contributed by atoms with Crippen molar-refractivity contribution in [2.24, 2.45) is 17.3 Å². The van der Waals surface area contributed by atoms with Gasteiger partial charge in [-0.15, -0.1) is 0 Å². The largest absolute Gasteiger partial charge is 0.481 e. The summed E-state index contributed by atoms with van der Waals surface area (Å²) in [6.07, 6.45) is 3.71. The van der Waals surface area contributed by atoms with Gasteiger partial charge >= 0.3 is 5.97 Å². The SMILES string of the molecule is O=C(c1ccc(Cl)cc1F)N1C[C@H]2CN(CC3CCC3)C[C@@]2(C(=O)O)C1. The fourth-order valence-electron chi connectivity index (χ4n) is 4.64. The molecule has 0 unspecified atom stereocenters. The third-order valence-electron chi connectivity index (χ3n) is 6.30. The Morgan fingerprint density at radius 3 is 2.62 bits per heavy atom. The molecule has 1 aromatic rings. The number of hydrogen-bond donors (Lipinski definition) is 1. The average molecular weight is 381 g/mol. The van der Waals surface area contributed by atoms with Crippen LogP contribution in [0.5, 0.6) is 0 Å². The Bertz CT molecular complexity index is 754. The Kier molecular flexibility index (Phi) is 4.43. The van der Waals surface area contributed by atoms with Crippen LogP contribution in [0.1, 0.15) is 29.6 Å². The molecule has 0 radical (unpaired) electrons. The van der Waals surface area contributed by atoms with E-state index in [-0.39, 0.29) is 23.0 Å². The number of halogens is 2. The highest BCUT2D eigenvalue weighted by Gasteiger charge is 2.58. The molecule has 0 spiro atoms. The maximum Gasteiger partial charge on any atom is 0.313 e. The first-order valence-electron chi connectivity index (χ1n) is 9.09. The molecular formula is C19H22ClFN2O3. The van der Waals surface area contributed by atoms with Crippen LogP contribution in [0.2, 0.25) is 5.02 Å². The van der Waals surface area contributed by atoms with E-state index in [2.05, 4.69) is 4.90 Å². The number of carbonyl (C=O) groups excluding carboxylic acids is 1. The van der Waals surface area contributed by atoms with E-state index in [0.717, 1.165) is 12.6 Å². The molecule has 7 heteroatoms. The van der Waals surface area contributed by atoms with E-state index >= 15 is 0 Å². The van der Waals surface area contributed by atoms with E-state index in [1.165, 1.54) is 36.3 Å². The van der Waals surface area contributed by atoms with Crippen LogP contribution >= 0.6 is 11.6 Å². The van der Waals surface area contributed by atoms with Crippen molar-refractivity contribution in [2.45, 2.75) is 19.3 Å². The third kappa shape index (κ3) is 2.89. The van der Waals surface area contributed by atoms with Crippen LogP contribution in [0, 0.1) is 23.1 Å². The Morgan fingerprint density at radius 2 is 2.04 bits per heavy atom. The Labute approximate surface area is 156 Å². The van der Waals surface area contributed by atoms with Crippen LogP contribution < -0.4 is 0 Å². The molecule has 1 saturated carbocycles. The summed E-state index contributed by atoms with van der Waals surface area (Å²) in [7, 11) is 0. The number of nitrogens with zero attached hydrogens (tertiary/aromatic N) is 2. The number of likely N-dealkylation sites (tertiary alicyclic amines) is 2. The number of aliphatic carboxylic acids is 1. The van der Waals surface area contributed by atoms with Crippen LogP contribution in [0.3, 0.4) is 0 Å². The zero-order chi connectivity index (χ0) is 18.5. The zero-order valence-electron chi connectivity index (χ0n) is 14.5. The molecule has 0 aromatic heterocycles. The summed E-state index contributed by atoms with van der Waals surface area (Å²) in [5.74, 6) is -1.42. The van der Waals surface area contributed by atoms with Gasteiger partial charge in [0.25, 0.3) is 5.91 Å². The fraction of sp³-hybridized carbons (Fsp3) is 0.579. The van der Waals surface area contributed by atoms with E-state index in [4.69, 9.17) is 11.6 Å². The summed E-state index contributed by atoms with van der Waals surface area (Å²) in [5, 5.41) is 10.1. The molecule has 3 aliphatic rings. The number of hydrogen-bond acceptors (Lipinski definition) is 3. The first kappa shape index (κ1) is 17.7. The van der Waals surface area contributed by atoms with Gasteiger partial charge in [-0.05, 0) is 37.0 Å². The van der Waals surface area contributed by atoms with Crippen LogP contribution in [-0.2, 0) is 4.79 Å². The molecule has 1 N–H and O–H groups in total. The summed E-state index contributed by atoms with van der Waals surface area (Å²) >= 11 is 5.75. The second kappa shape index (κ2) is 6.50. The number of amides is 1. The topological polar surface area (TPSA) is 60.9 Å². The van der Waals surface area contributed by atoms with Crippen molar-refractivity contribution >= 4 is 23.5 Å². The van der Waals surface area contributed by atoms with E-state index in [0.29, 0.717) is 25.6 Å². The normalized spacial score (nSPS) is 28.8. The quantitative estimate of drug-likeness (QED) is 0.872. The molecule has 0 bridgehead atoms. The van der Waals surface area contributed by atoms with E-state index in [9.17, 15) is 19.1 Å². The van der Waals surface area contributed by atoms with Gasteiger partial charge < -0.3 is 14.9 Å². The maximum atomic E-state index is 14.1. The summed E-state index contributed by atoms with van der Waals surface area (Å²) in [6, 6.07) is 3.95. The summed E-state index contributed by atoms with van der Waals surface area (Å²) in [5.41, 5.74) is -0.997. The molecular weight excluding hydrogens is 359 g/mol. The average Bonchev–Trinajstić information content (AvgIpc) is 3.05. The standard InChI is InChI=1S/C19H22ClFN2O3/c20-14-4-5-15(16(21)6-14)17(24)23-9-13-8-22(7-12-2-1-3-12)10-19(13,11-23)18(25)26/h4-6,12-13H,1-3,7-11H2,(H,25,26)/t13-,19-/m1/s1. The minimum Gasteiger partial charge on any atom is -0.481 e. The summed E-state index contributed by atoms with van der Waals surface area (Å²) in [4.78, 5) is 28.5. The van der Waals surface area contributed by atoms with E-state index in [1.807, 2.05) is 0 Å². The summed E-state index contributed by atoms with van der Waals surface area (Å²) in [6.45, 7) is 2.60. The summed E-state index contributed by atoms with van der Waals surface area (Å²) < 4.78 is 14.1. The highest BCUT2D eigenvalue weighted by atomic mass is 35.5. The van der Waals surface area contributed by atoms with Crippen molar-refractivity contribution in [3.63, 3.8) is 0 Å². The van der Waals surface area contributed by atoms with Gasteiger partial charge in [0.2, 0.25) is 0 Å². The fourth-order valence-corrected chi connectivity index (χ4v) is 4.80. The molecule has 2 heterocycles. The lowest BCUT2D eigenvalue weighted by Gasteiger charge is -2.31. The van der Waals surface area contributed by atoms with Crippen molar-refractivity contribution in [3.05, 3.63) is 34.6 Å². The Morgan fingerprint density at radius 1 is 1.27 bits per heavy atom. The minimum atomic E-state index is -0.942. The predicted molar refractivity (Wildman–Crippen MR) is 94.7 cm³/mol. The molecule has 2 atom stereocenters. The van der Waals surface area contributed by atoms with Crippen LogP contribution in [0.4, 0.5) is 4.39 Å². The predicted octanol–water partition coefficient (Wildman–Crippen LogP) is 2.74. The van der Waals surface area contributed by atoms with Crippen molar-refractivity contribution in [1.29, 1.82) is 0 Å². The Hall–Kier alpha value is -1.66. The monoisotopic (exact) mass is 380 g/mol. The van der Waals surface area contributed by atoms with Crippen molar-refractivity contribution in [3.8, 4) is 0 Å². The van der Waals surface area contributed by atoms with Crippen molar-refractivity contribution in [1.82, 2.24) is 9.80 Å². The molecule has 1 aliphatic carbocycles. The van der Waals surface area contributed by atoms with Crippen LogP contribution in [0.15, 0.2) is 18.2 Å². The number of fused-ring (bicyclic) bond motifs is 1. The van der Waals surface area contributed by atoms with Gasteiger partial charge in [0.1, 0.15) is 11.2 Å². The third-order valence-corrected chi connectivity index (χ3v) is 6.53. The van der Waals surface area contributed by atoms with Gasteiger partial charge in [0.05, 0.1) is 5.56 Å². The molecule has 140 valence electrons. The van der Waals surface area contributed by atoms with Gasteiger partial charge in [-0.25, -0.2) is 4.39 Å². The van der Waals surface area contributed by atoms with Gasteiger partial charge in [0.15, 0.2) is 0 Å². The second-order valence-electron chi connectivity index (χ2n) is 7.96. The molecule has 26 heavy (non-hydrogen) atoms. The molecule has 2 saturated heterocycles. The van der Waals surface area contributed by atoms with Gasteiger partial charge in [-0.1, -0.05) is 18.0 Å². The smallest absolute Gasteiger partial charge is 0.313 e. The highest BCUT2D eigenvalue weighted by Crippen LogP contribution is 2.44. The lowest BCUT2D eigenvalue weighted by molar-refractivity contribution is -0.148. The van der Waals surface area contributed by atoms with Gasteiger partial charge in [-0.2, -0.15) is 0 Å². The molecule has 1 amide bonds. The number of carboxylic acid groups (broad SMARTS) is 1. The second-order valence-corrected chi connectivity index (χ2v) is 8.40. The number of rotatable bonds is 4.